The van der Waals surface area contributed by atoms with Crippen molar-refractivity contribution in [3.63, 3.8) is 0 Å². The maximum atomic E-state index is 12.5. The minimum Gasteiger partial charge on any atom is -0.486 e. The molecule has 5 aromatic rings. The Hall–Kier alpha value is -4.78. The summed E-state index contributed by atoms with van der Waals surface area (Å²) >= 11 is 0. The average molecular weight is 493 g/mol. The zero-order valence-corrected chi connectivity index (χ0v) is 20.8. The standard InChI is InChI=1S/C30H28N4O3/c1-4-17-33-19-23(27-7-5-6-8-28(27)33)18-31-32-30(35)29-16-15-26(37-29)20-36-25-13-11-24(12-14-25)34-21(2)9-10-22(34)3/h4-16,18-19H,1,17,20H2,2-3H3,(H,32,35). The van der Waals surface area contributed by atoms with Gasteiger partial charge in [-0.15, -0.1) is 6.58 Å². The number of fused-ring (bicyclic) bond motifs is 1. The van der Waals surface area contributed by atoms with Gasteiger partial charge in [0, 0.05) is 46.3 Å². The van der Waals surface area contributed by atoms with Gasteiger partial charge in [-0.1, -0.05) is 24.3 Å². The van der Waals surface area contributed by atoms with Crippen LogP contribution >= 0.6 is 0 Å². The molecule has 7 nitrogen and oxygen atoms in total. The minimum atomic E-state index is -0.431. The molecule has 3 heterocycles. The maximum Gasteiger partial charge on any atom is 0.307 e. The van der Waals surface area contributed by atoms with E-state index in [1.807, 2.05) is 60.8 Å². The Morgan fingerprint density at radius 1 is 1.03 bits per heavy atom. The van der Waals surface area contributed by atoms with Crippen LogP contribution in [-0.4, -0.2) is 21.3 Å². The zero-order chi connectivity index (χ0) is 25.8. The van der Waals surface area contributed by atoms with Gasteiger partial charge >= 0.3 is 5.91 Å². The third-order valence-corrected chi connectivity index (χ3v) is 6.15. The number of rotatable bonds is 9. The molecule has 7 heteroatoms. The van der Waals surface area contributed by atoms with Crippen LogP contribution in [0.1, 0.15) is 33.3 Å². The Balaban J connectivity index is 1.18. The van der Waals surface area contributed by atoms with Crippen molar-refractivity contribution in [3.05, 3.63) is 120 Å². The van der Waals surface area contributed by atoms with Crippen molar-refractivity contribution in [2.24, 2.45) is 5.10 Å². The van der Waals surface area contributed by atoms with Gasteiger partial charge in [0.25, 0.3) is 0 Å². The van der Waals surface area contributed by atoms with Crippen LogP contribution in [0.4, 0.5) is 0 Å². The lowest BCUT2D eigenvalue weighted by Crippen LogP contribution is -2.16. The van der Waals surface area contributed by atoms with E-state index >= 15 is 0 Å². The molecule has 0 spiro atoms. The molecule has 0 bridgehead atoms. The first-order chi connectivity index (χ1) is 18.0. The van der Waals surface area contributed by atoms with Gasteiger partial charge < -0.3 is 18.3 Å². The van der Waals surface area contributed by atoms with Gasteiger partial charge in [0.1, 0.15) is 18.1 Å². The summed E-state index contributed by atoms with van der Waals surface area (Å²) in [5, 5.41) is 5.18. The first-order valence-corrected chi connectivity index (χ1v) is 12.0. The number of furan rings is 1. The molecule has 5 rings (SSSR count). The monoisotopic (exact) mass is 492 g/mol. The van der Waals surface area contributed by atoms with Crippen molar-refractivity contribution in [2.75, 3.05) is 0 Å². The molecule has 0 aliphatic carbocycles. The van der Waals surface area contributed by atoms with Crippen molar-refractivity contribution < 1.29 is 13.9 Å². The van der Waals surface area contributed by atoms with Crippen LogP contribution < -0.4 is 10.2 Å². The number of hydrogen-bond acceptors (Lipinski definition) is 4. The molecule has 186 valence electrons. The second-order valence-electron chi connectivity index (χ2n) is 8.74. The molecule has 37 heavy (non-hydrogen) atoms. The highest BCUT2D eigenvalue weighted by atomic mass is 16.5. The number of ether oxygens (including phenoxy) is 1. The normalized spacial score (nSPS) is 11.3. The van der Waals surface area contributed by atoms with Gasteiger partial charge in [-0.25, -0.2) is 5.43 Å². The van der Waals surface area contributed by atoms with Gasteiger partial charge in [0.05, 0.1) is 6.21 Å². The number of amides is 1. The Kier molecular flexibility index (Phi) is 6.76. The van der Waals surface area contributed by atoms with Crippen LogP contribution in [0.5, 0.6) is 5.75 Å². The van der Waals surface area contributed by atoms with Crippen LogP contribution in [0.3, 0.4) is 0 Å². The second-order valence-corrected chi connectivity index (χ2v) is 8.74. The maximum absolute atomic E-state index is 12.5. The highest BCUT2D eigenvalue weighted by Gasteiger charge is 2.12. The fourth-order valence-electron chi connectivity index (χ4n) is 4.38. The molecule has 0 saturated carbocycles. The Bertz CT molecular complexity index is 1570. The first kappa shape index (κ1) is 23.9. The molecular formula is C30H28N4O3. The molecule has 0 aliphatic rings. The number of allylic oxidation sites excluding steroid dienone is 1. The fourth-order valence-corrected chi connectivity index (χ4v) is 4.38. The summed E-state index contributed by atoms with van der Waals surface area (Å²) in [6.07, 6.45) is 5.46. The lowest BCUT2D eigenvalue weighted by atomic mass is 10.2. The smallest absolute Gasteiger partial charge is 0.307 e. The quantitative estimate of drug-likeness (QED) is 0.152. The van der Waals surface area contributed by atoms with E-state index in [1.54, 1.807) is 18.3 Å². The molecule has 0 unspecified atom stereocenters. The summed E-state index contributed by atoms with van der Waals surface area (Å²) in [5.74, 6) is 0.995. The highest BCUT2D eigenvalue weighted by molar-refractivity contribution is 6.00. The third kappa shape index (κ3) is 5.11. The van der Waals surface area contributed by atoms with Crippen LogP contribution in [-0.2, 0) is 13.2 Å². The van der Waals surface area contributed by atoms with E-state index < -0.39 is 5.91 Å². The van der Waals surface area contributed by atoms with Crippen molar-refractivity contribution in [3.8, 4) is 11.4 Å². The molecule has 0 atom stereocenters. The molecule has 3 aromatic heterocycles. The Morgan fingerprint density at radius 3 is 2.54 bits per heavy atom. The van der Waals surface area contributed by atoms with Crippen LogP contribution in [0.2, 0.25) is 0 Å². The van der Waals surface area contributed by atoms with Crippen LogP contribution in [0, 0.1) is 13.8 Å². The molecule has 0 aliphatic heterocycles. The largest absolute Gasteiger partial charge is 0.486 e. The van der Waals surface area contributed by atoms with E-state index in [9.17, 15) is 4.79 Å². The molecular weight excluding hydrogens is 464 g/mol. The third-order valence-electron chi connectivity index (χ3n) is 6.15. The second kappa shape index (κ2) is 10.5. The number of hydrogen-bond donors (Lipinski definition) is 1. The summed E-state index contributed by atoms with van der Waals surface area (Å²) in [6, 6.07) is 23.4. The molecule has 0 fully saturated rings. The van der Waals surface area contributed by atoms with Crippen LogP contribution in [0.15, 0.2) is 101 Å². The van der Waals surface area contributed by atoms with Gasteiger partial charge in [-0.3, -0.25) is 4.79 Å². The number of carbonyl (C=O) groups is 1. The molecule has 1 amide bonds. The number of nitrogens with one attached hydrogen (secondary N) is 1. The number of carbonyl (C=O) groups excluding carboxylic acids is 1. The number of hydrazone groups is 1. The minimum absolute atomic E-state index is 0.166. The predicted molar refractivity (Wildman–Crippen MR) is 145 cm³/mol. The van der Waals surface area contributed by atoms with Crippen LogP contribution in [0.25, 0.3) is 16.6 Å². The van der Waals surface area contributed by atoms with E-state index in [2.05, 4.69) is 52.2 Å². The van der Waals surface area contributed by atoms with Gasteiger partial charge in [0.15, 0.2) is 5.76 Å². The van der Waals surface area contributed by atoms with E-state index in [0.717, 1.165) is 22.2 Å². The molecule has 0 radical (unpaired) electrons. The topological polar surface area (TPSA) is 73.7 Å². The summed E-state index contributed by atoms with van der Waals surface area (Å²) in [5.41, 5.74) is 7.95. The summed E-state index contributed by atoms with van der Waals surface area (Å²) in [7, 11) is 0. The lowest BCUT2D eigenvalue weighted by Gasteiger charge is -2.10. The summed E-state index contributed by atoms with van der Waals surface area (Å²) < 4.78 is 15.8. The highest BCUT2D eigenvalue weighted by Crippen LogP contribution is 2.22. The summed E-state index contributed by atoms with van der Waals surface area (Å²) in [6.45, 7) is 8.87. The number of aryl methyl sites for hydroxylation is 2. The Labute approximate surface area is 215 Å². The van der Waals surface area contributed by atoms with Gasteiger partial charge in [0.2, 0.25) is 0 Å². The van der Waals surface area contributed by atoms with E-state index in [0.29, 0.717) is 18.1 Å². The van der Waals surface area contributed by atoms with Crippen molar-refractivity contribution >= 4 is 23.0 Å². The molecule has 0 saturated heterocycles. The van der Waals surface area contributed by atoms with Crippen molar-refractivity contribution in [1.82, 2.24) is 14.6 Å². The molecule has 2 aromatic carbocycles. The Morgan fingerprint density at radius 2 is 1.78 bits per heavy atom. The average Bonchev–Trinajstić information content (AvgIpc) is 3.61. The van der Waals surface area contributed by atoms with Gasteiger partial charge in [-0.2, -0.15) is 5.10 Å². The van der Waals surface area contributed by atoms with Crippen molar-refractivity contribution in [2.45, 2.75) is 27.0 Å². The lowest BCUT2D eigenvalue weighted by molar-refractivity contribution is 0.0923. The predicted octanol–water partition coefficient (Wildman–Crippen LogP) is 6.17. The van der Waals surface area contributed by atoms with Crippen molar-refractivity contribution in [1.29, 1.82) is 0 Å². The number of para-hydroxylation sites is 1. The number of benzene rings is 2. The van der Waals surface area contributed by atoms with Gasteiger partial charge in [-0.05, 0) is 68.4 Å². The van der Waals surface area contributed by atoms with E-state index in [1.165, 1.54) is 11.4 Å². The zero-order valence-electron chi connectivity index (χ0n) is 20.8. The molecule has 1 N–H and O–H groups in total. The SMILES string of the molecule is C=CCn1cc(C=NNC(=O)c2ccc(COc3ccc(-n4c(C)ccc4C)cc3)o2)c2ccccc21. The summed E-state index contributed by atoms with van der Waals surface area (Å²) in [4.78, 5) is 12.5. The first-order valence-electron chi connectivity index (χ1n) is 12.0. The van der Waals surface area contributed by atoms with E-state index in [4.69, 9.17) is 9.15 Å². The number of aromatic nitrogens is 2. The fraction of sp³-hybridized carbons (Fsp3) is 0.133. The van der Waals surface area contributed by atoms with E-state index in [-0.39, 0.29) is 12.4 Å². The number of nitrogens with zero attached hydrogens (tertiary/aromatic N) is 3.